The minimum Gasteiger partial charge on any atom is -0.508 e. The maximum absolute atomic E-state index is 9.75. The van der Waals surface area contributed by atoms with Gasteiger partial charge in [-0.1, -0.05) is 18.6 Å². The van der Waals surface area contributed by atoms with Crippen molar-refractivity contribution in [2.45, 2.75) is 32.2 Å². The van der Waals surface area contributed by atoms with E-state index in [0.29, 0.717) is 11.7 Å². The summed E-state index contributed by atoms with van der Waals surface area (Å²) in [5.41, 5.74) is 8.07. The summed E-state index contributed by atoms with van der Waals surface area (Å²) in [7, 11) is 0. The summed E-state index contributed by atoms with van der Waals surface area (Å²) < 4.78 is 0. The lowest BCUT2D eigenvalue weighted by Crippen LogP contribution is -2.26. The van der Waals surface area contributed by atoms with Crippen LogP contribution < -0.4 is 5.73 Å². The van der Waals surface area contributed by atoms with E-state index in [9.17, 15) is 5.11 Å². The van der Waals surface area contributed by atoms with E-state index in [4.69, 9.17) is 5.73 Å². The molecule has 1 aromatic carbocycles. The highest BCUT2D eigenvalue weighted by Crippen LogP contribution is 2.38. The molecule has 0 aromatic heterocycles. The molecule has 15 heavy (non-hydrogen) atoms. The van der Waals surface area contributed by atoms with E-state index in [2.05, 4.69) is 0 Å². The number of benzene rings is 1. The molecule has 2 rings (SSSR count). The molecule has 2 nitrogen and oxygen atoms in total. The van der Waals surface area contributed by atoms with Gasteiger partial charge in [-0.05, 0) is 37.3 Å². The lowest BCUT2D eigenvalue weighted by Gasteiger charge is -2.31. The second-order valence-electron chi connectivity index (χ2n) is 4.28. The van der Waals surface area contributed by atoms with Gasteiger partial charge in [-0.2, -0.15) is 0 Å². The molecule has 0 unspecified atom stereocenters. The number of rotatable bonds is 2. The number of hydrogen-bond donors (Lipinski definition) is 2. The predicted molar refractivity (Wildman–Crippen MR) is 64.4 cm³/mol. The maximum atomic E-state index is 9.75. The number of phenolic OH excluding ortho intramolecular Hbond substituents is 1. The van der Waals surface area contributed by atoms with E-state index in [-0.39, 0.29) is 18.4 Å². The Balaban J connectivity index is 0.00000112. The summed E-state index contributed by atoms with van der Waals surface area (Å²) in [6.07, 6.45) is 3.69. The van der Waals surface area contributed by atoms with Crippen LogP contribution in [0.5, 0.6) is 5.75 Å². The summed E-state index contributed by atoms with van der Waals surface area (Å²) in [5, 5.41) is 9.75. The molecule has 1 fully saturated rings. The highest BCUT2D eigenvalue weighted by molar-refractivity contribution is 5.85. The van der Waals surface area contributed by atoms with E-state index >= 15 is 0 Å². The Labute approximate surface area is 96.9 Å². The lowest BCUT2D eigenvalue weighted by atomic mass is 9.77. The van der Waals surface area contributed by atoms with E-state index in [1.807, 2.05) is 19.1 Å². The monoisotopic (exact) mass is 227 g/mol. The van der Waals surface area contributed by atoms with E-state index in [1.54, 1.807) is 6.07 Å². The molecular formula is C12H18ClNO. The number of aromatic hydroxyl groups is 1. The Morgan fingerprint density at radius 1 is 1.40 bits per heavy atom. The van der Waals surface area contributed by atoms with Crippen LogP contribution in [0.25, 0.3) is 0 Å². The van der Waals surface area contributed by atoms with Crippen LogP contribution in [0.4, 0.5) is 0 Å². The summed E-state index contributed by atoms with van der Waals surface area (Å²) >= 11 is 0. The summed E-state index contributed by atoms with van der Waals surface area (Å²) in [6, 6.07) is 5.76. The topological polar surface area (TPSA) is 46.2 Å². The van der Waals surface area contributed by atoms with Crippen LogP contribution in [-0.2, 0) is 0 Å². The standard InChI is InChI=1S/C12H17NO.ClH/c1-8-5-6-10(11(14)7-8)12(13)9-3-2-4-9;/h5-7,9,12,14H,2-4,13H2,1H3;1H/t12-;/m0./s1. The maximum Gasteiger partial charge on any atom is 0.120 e. The van der Waals surface area contributed by atoms with Gasteiger partial charge < -0.3 is 10.8 Å². The fourth-order valence-electron chi connectivity index (χ4n) is 1.99. The molecule has 0 bridgehead atoms. The first-order valence-electron chi connectivity index (χ1n) is 5.23. The van der Waals surface area contributed by atoms with Crippen molar-refractivity contribution in [3.8, 4) is 5.75 Å². The average molecular weight is 228 g/mol. The van der Waals surface area contributed by atoms with Crippen molar-refractivity contribution in [2.75, 3.05) is 0 Å². The Morgan fingerprint density at radius 3 is 2.53 bits per heavy atom. The molecule has 0 aliphatic heterocycles. The van der Waals surface area contributed by atoms with Crippen LogP contribution in [-0.4, -0.2) is 5.11 Å². The summed E-state index contributed by atoms with van der Waals surface area (Å²) in [5.74, 6) is 0.924. The number of halogens is 1. The fourth-order valence-corrected chi connectivity index (χ4v) is 1.99. The van der Waals surface area contributed by atoms with Crippen LogP contribution in [0.2, 0.25) is 0 Å². The number of aryl methyl sites for hydroxylation is 1. The molecular weight excluding hydrogens is 210 g/mol. The highest BCUT2D eigenvalue weighted by Gasteiger charge is 2.26. The average Bonchev–Trinajstić information content (AvgIpc) is 2.00. The molecule has 0 heterocycles. The third kappa shape index (κ3) is 2.44. The first-order valence-corrected chi connectivity index (χ1v) is 5.23. The van der Waals surface area contributed by atoms with Gasteiger partial charge in [-0.25, -0.2) is 0 Å². The minimum absolute atomic E-state index is 0. The zero-order chi connectivity index (χ0) is 10.1. The van der Waals surface area contributed by atoms with Gasteiger partial charge >= 0.3 is 0 Å². The van der Waals surface area contributed by atoms with Gasteiger partial charge in [-0.15, -0.1) is 12.4 Å². The third-order valence-corrected chi connectivity index (χ3v) is 3.20. The zero-order valence-electron chi connectivity index (χ0n) is 8.94. The molecule has 0 saturated heterocycles. The Hall–Kier alpha value is -0.730. The molecule has 3 heteroatoms. The van der Waals surface area contributed by atoms with Crippen molar-refractivity contribution in [2.24, 2.45) is 11.7 Å². The first-order chi connectivity index (χ1) is 6.68. The molecule has 1 aliphatic rings. The van der Waals surface area contributed by atoms with Crippen molar-refractivity contribution >= 4 is 12.4 Å². The molecule has 1 saturated carbocycles. The van der Waals surface area contributed by atoms with Gasteiger partial charge in [0, 0.05) is 11.6 Å². The largest absolute Gasteiger partial charge is 0.508 e. The van der Waals surface area contributed by atoms with Crippen LogP contribution in [0.15, 0.2) is 18.2 Å². The molecule has 3 N–H and O–H groups in total. The lowest BCUT2D eigenvalue weighted by molar-refractivity contribution is 0.260. The molecule has 1 atom stereocenters. The predicted octanol–water partition coefficient (Wildman–Crippen LogP) is 2.92. The van der Waals surface area contributed by atoms with Crippen molar-refractivity contribution < 1.29 is 5.11 Å². The molecule has 0 amide bonds. The molecule has 0 radical (unpaired) electrons. The first kappa shape index (κ1) is 12.3. The zero-order valence-corrected chi connectivity index (χ0v) is 9.76. The molecule has 1 aromatic rings. The molecule has 1 aliphatic carbocycles. The van der Waals surface area contributed by atoms with E-state index in [1.165, 1.54) is 19.3 Å². The fraction of sp³-hybridized carbons (Fsp3) is 0.500. The smallest absolute Gasteiger partial charge is 0.120 e. The van der Waals surface area contributed by atoms with Gasteiger partial charge in [0.05, 0.1) is 0 Å². The molecule has 84 valence electrons. The number of hydrogen-bond acceptors (Lipinski definition) is 2. The van der Waals surface area contributed by atoms with Crippen LogP contribution in [0.1, 0.15) is 36.4 Å². The Kier molecular flexibility index (Phi) is 4.00. The Bertz CT molecular complexity index is 336. The van der Waals surface area contributed by atoms with Crippen LogP contribution >= 0.6 is 12.4 Å². The van der Waals surface area contributed by atoms with E-state index < -0.39 is 0 Å². The third-order valence-electron chi connectivity index (χ3n) is 3.20. The van der Waals surface area contributed by atoms with Crippen LogP contribution in [0, 0.1) is 12.8 Å². The van der Waals surface area contributed by atoms with Crippen LogP contribution in [0.3, 0.4) is 0 Å². The Morgan fingerprint density at radius 2 is 2.07 bits per heavy atom. The second-order valence-corrected chi connectivity index (χ2v) is 4.28. The van der Waals surface area contributed by atoms with Crippen molar-refractivity contribution in [1.29, 1.82) is 0 Å². The van der Waals surface area contributed by atoms with Crippen molar-refractivity contribution in [3.63, 3.8) is 0 Å². The molecule has 0 spiro atoms. The normalized spacial score (nSPS) is 17.7. The van der Waals surface area contributed by atoms with E-state index in [0.717, 1.165) is 11.1 Å². The van der Waals surface area contributed by atoms with Gasteiger partial charge in [0.15, 0.2) is 0 Å². The number of nitrogens with two attached hydrogens (primary N) is 1. The summed E-state index contributed by atoms with van der Waals surface area (Å²) in [4.78, 5) is 0. The van der Waals surface area contributed by atoms with Crippen molar-refractivity contribution in [1.82, 2.24) is 0 Å². The SMILES string of the molecule is Cc1ccc([C@@H](N)C2CCC2)c(O)c1.Cl. The minimum atomic E-state index is 0. The summed E-state index contributed by atoms with van der Waals surface area (Å²) in [6.45, 7) is 1.97. The van der Waals surface area contributed by atoms with Gasteiger partial charge in [-0.3, -0.25) is 0 Å². The second kappa shape index (κ2) is 4.86. The van der Waals surface area contributed by atoms with Crippen molar-refractivity contribution in [3.05, 3.63) is 29.3 Å². The highest BCUT2D eigenvalue weighted by atomic mass is 35.5. The van der Waals surface area contributed by atoms with Gasteiger partial charge in [0.2, 0.25) is 0 Å². The quantitative estimate of drug-likeness (QED) is 0.816. The van der Waals surface area contributed by atoms with Gasteiger partial charge in [0.25, 0.3) is 0 Å². The van der Waals surface area contributed by atoms with Gasteiger partial charge in [0.1, 0.15) is 5.75 Å². The number of phenols is 1.